The van der Waals surface area contributed by atoms with Gasteiger partial charge in [0.1, 0.15) is 11.6 Å². The fourth-order valence-corrected chi connectivity index (χ4v) is 3.19. The van der Waals surface area contributed by atoms with Gasteiger partial charge in [-0.3, -0.25) is 4.79 Å². The molecule has 0 unspecified atom stereocenters. The molecule has 0 radical (unpaired) electrons. The minimum Gasteiger partial charge on any atom is -0.422 e. The zero-order chi connectivity index (χ0) is 21.8. The maximum Gasteiger partial charge on any atom is 0.343 e. The monoisotopic (exact) mass is 431 g/mol. The van der Waals surface area contributed by atoms with Gasteiger partial charge in [0.25, 0.3) is 5.56 Å². The predicted octanol–water partition coefficient (Wildman–Crippen LogP) is 4.71. The van der Waals surface area contributed by atoms with Gasteiger partial charge in [0.05, 0.1) is 22.7 Å². The summed E-state index contributed by atoms with van der Waals surface area (Å²) >= 11 is 5.87. The summed E-state index contributed by atoms with van der Waals surface area (Å²) < 4.78 is 6.82. The first kappa shape index (κ1) is 20.5. The second kappa shape index (κ2) is 8.93. The Hall–Kier alpha value is -3.77. The molecule has 31 heavy (non-hydrogen) atoms. The summed E-state index contributed by atoms with van der Waals surface area (Å²) in [5.74, 6) is 0.345. The van der Waals surface area contributed by atoms with E-state index in [9.17, 15) is 9.59 Å². The summed E-state index contributed by atoms with van der Waals surface area (Å²) in [6.07, 6.45) is 2.02. The lowest BCUT2D eigenvalue weighted by atomic mass is 10.2. The highest BCUT2D eigenvalue weighted by atomic mass is 35.5. The first-order valence-electron chi connectivity index (χ1n) is 9.68. The maximum absolute atomic E-state index is 12.9. The Morgan fingerprint density at radius 3 is 2.55 bits per heavy atom. The van der Waals surface area contributed by atoms with E-state index in [0.717, 1.165) is 0 Å². The molecule has 154 valence electrons. The molecule has 0 N–H and O–H groups in total. The predicted molar refractivity (Wildman–Crippen MR) is 121 cm³/mol. The summed E-state index contributed by atoms with van der Waals surface area (Å²) in [5, 5.41) is 5.38. The Kier molecular flexibility index (Phi) is 5.91. The van der Waals surface area contributed by atoms with E-state index in [1.54, 1.807) is 66.7 Å². The molecule has 6 nitrogen and oxygen atoms in total. The average Bonchev–Trinajstić information content (AvgIpc) is 2.79. The highest BCUT2D eigenvalue weighted by Crippen LogP contribution is 2.19. The van der Waals surface area contributed by atoms with Gasteiger partial charge in [0.2, 0.25) is 0 Å². The fraction of sp³-hybridized carbons (Fsp3) is 0.0833. The number of halogens is 1. The minimum absolute atomic E-state index is 0.255. The number of fused-ring (bicyclic) bond motifs is 1. The van der Waals surface area contributed by atoms with Crippen LogP contribution in [0.1, 0.15) is 28.7 Å². The number of esters is 1. The lowest BCUT2D eigenvalue weighted by Crippen LogP contribution is -2.22. The molecule has 4 aromatic rings. The van der Waals surface area contributed by atoms with Crippen LogP contribution in [0.4, 0.5) is 0 Å². The maximum atomic E-state index is 12.9. The molecule has 0 spiro atoms. The van der Waals surface area contributed by atoms with E-state index in [2.05, 4.69) is 10.1 Å². The van der Waals surface area contributed by atoms with Gasteiger partial charge < -0.3 is 4.74 Å². The second-order valence-electron chi connectivity index (χ2n) is 6.69. The molecule has 0 saturated heterocycles. The van der Waals surface area contributed by atoms with Crippen molar-refractivity contribution in [3.8, 4) is 5.75 Å². The average molecular weight is 432 g/mol. The number of ether oxygens (including phenoxy) is 1. The van der Waals surface area contributed by atoms with Crippen molar-refractivity contribution >= 4 is 34.7 Å². The Morgan fingerprint density at radius 1 is 1.06 bits per heavy atom. The molecule has 0 amide bonds. The van der Waals surface area contributed by atoms with Crippen LogP contribution in [-0.2, 0) is 6.42 Å². The summed E-state index contributed by atoms with van der Waals surface area (Å²) in [6.45, 7) is 1.91. The summed E-state index contributed by atoms with van der Waals surface area (Å²) in [6, 6.07) is 20.5. The Balaban J connectivity index is 1.68. The molecule has 0 bridgehead atoms. The van der Waals surface area contributed by atoms with Crippen molar-refractivity contribution in [2.45, 2.75) is 13.3 Å². The first-order chi connectivity index (χ1) is 15.1. The Bertz CT molecular complexity index is 1340. The summed E-state index contributed by atoms with van der Waals surface area (Å²) in [5.41, 5.74) is 1.30. The van der Waals surface area contributed by atoms with Crippen molar-refractivity contribution in [1.82, 2.24) is 9.66 Å². The molecule has 1 aromatic heterocycles. The number of benzene rings is 3. The number of nitrogens with zero attached hydrogens (tertiary/aromatic N) is 3. The molecule has 0 saturated carbocycles. The third-order valence-electron chi connectivity index (χ3n) is 4.65. The third-order valence-corrected chi connectivity index (χ3v) is 4.90. The van der Waals surface area contributed by atoms with E-state index in [1.807, 2.05) is 13.0 Å². The van der Waals surface area contributed by atoms with Gasteiger partial charge in [-0.1, -0.05) is 42.8 Å². The topological polar surface area (TPSA) is 73.6 Å². The van der Waals surface area contributed by atoms with E-state index in [0.29, 0.717) is 45.0 Å². The lowest BCUT2D eigenvalue weighted by Gasteiger charge is -2.09. The molecule has 0 aliphatic heterocycles. The summed E-state index contributed by atoms with van der Waals surface area (Å²) in [4.78, 5) is 29.9. The van der Waals surface area contributed by atoms with Gasteiger partial charge in [0.15, 0.2) is 0 Å². The quantitative estimate of drug-likeness (QED) is 0.260. The number of hydrogen-bond donors (Lipinski definition) is 0. The van der Waals surface area contributed by atoms with Gasteiger partial charge >= 0.3 is 5.97 Å². The zero-order valence-corrected chi connectivity index (χ0v) is 17.4. The normalized spacial score (nSPS) is 11.2. The van der Waals surface area contributed by atoms with Gasteiger partial charge in [-0.15, -0.1) is 0 Å². The number of aromatic nitrogens is 2. The first-order valence-corrected chi connectivity index (χ1v) is 10.1. The third kappa shape index (κ3) is 4.39. The van der Waals surface area contributed by atoms with Crippen LogP contribution >= 0.6 is 11.6 Å². The van der Waals surface area contributed by atoms with Gasteiger partial charge in [-0.25, -0.2) is 9.78 Å². The van der Waals surface area contributed by atoms with E-state index >= 15 is 0 Å². The van der Waals surface area contributed by atoms with Crippen LogP contribution < -0.4 is 10.3 Å². The zero-order valence-electron chi connectivity index (χ0n) is 16.7. The van der Waals surface area contributed by atoms with Crippen LogP contribution in [0.15, 0.2) is 82.7 Å². The Labute approximate surface area is 183 Å². The number of hydrogen-bond acceptors (Lipinski definition) is 5. The van der Waals surface area contributed by atoms with Gasteiger partial charge in [0, 0.05) is 17.0 Å². The van der Waals surface area contributed by atoms with Crippen molar-refractivity contribution in [2.75, 3.05) is 0 Å². The van der Waals surface area contributed by atoms with Crippen LogP contribution in [0.5, 0.6) is 5.75 Å². The number of aryl methyl sites for hydroxylation is 1. The van der Waals surface area contributed by atoms with E-state index in [1.165, 1.54) is 10.9 Å². The molecular weight excluding hydrogens is 414 g/mol. The Morgan fingerprint density at radius 2 is 1.77 bits per heavy atom. The minimum atomic E-state index is -0.517. The number of carbonyl (C=O) groups is 1. The van der Waals surface area contributed by atoms with Crippen molar-refractivity contribution in [3.63, 3.8) is 0 Å². The van der Waals surface area contributed by atoms with Gasteiger partial charge in [-0.05, 0) is 48.5 Å². The molecule has 0 aliphatic rings. The molecule has 0 atom stereocenters. The molecule has 3 aromatic carbocycles. The molecule has 0 fully saturated rings. The highest BCUT2D eigenvalue weighted by Gasteiger charge is 2.12. The van der Waals surface area contributed by atoms with E-state index in [-0.39, 0.29) is 5.56 Å². The molecule has 0 aliphatic carbocycles. The van der Waals surface area contributed by atoms with Crippen molar-refractivity contribution in [1.29, 1.82) is 0 Å². The standard InChI is InChI=1S/C24H18ClN3O3/c1-2-22-27-20-9-5-4-8-19(20)23(29)28(22)26-15-17-7-3-6-10-21(17)31-24(30)16-11-13-18(25)14-12-16/h3-15H,2H2,1H3. The lowest BCUT2D eigenvalue weighted by molar-refractivity contribution is 0.0734. The number of rotatable bonds is 5. The van der Waals surface area contributed by atoms with Crippen LogP contribution in [0, 0.1) is 0 Å². The highest BCUT2D eigenvalue weighted by molar-refractivity contribution is 6.30. The van der Waals surface area contributed by atoms with Crippen LogP contribution in [0.25, 0.3) is 10.9 Å². The van der Waals surface area contributed by atoms with E-state index in [4.69, 9.17) is 16.3 Å². The summed E-state index contributed by atoms with van der Waals surface area (Å²) in [7, 11) is 0. The van der Waals surface area contributed by atoms with Crippen molar-refractivity contribution < 1.29 is 9.53 Å². The molecule has 7 heteroatoms. The number of para-hydroxylation sites is 2. The molecule has 1 heterocycles. The smallest absolute Gasteiger partial charge is 0.343 e. The second-order valence-corrected chi connectivity index (χ2v) is 7.13. The molecular formula is C24H18ClN3O3. The number of carbonyl (C=O) groups excluding carboxylic acids is 1. The van der Waals surface area contributed by atoms with Crippen LogP contribution in [0.3, 0.4) is 0 Å². The molecule has 4 rings (SSSR count). The SMILES string of the molecule is CCc1nc2ccccc2c(=O)n1N=Cc1ccccc1OC(=O)c1ccc(Cl)cc1. The van der Waals surface area contributed by atoms with Crippen molar-refractivity contribution in [3.05, 3.63) is 105 Å². The largest absolute Gasteiger partial charge is 0.422 e. The van der Waals surface area contributed by atoms with E-state index < -0.39 is 5.97 Å². The van der Waals surface area contributed by atoms with Crippen molar-refractivity contribution in [2.24, 2.45) is 5.10 Å². The van der Waals surface area contributed by atoms with Crippen LogP contribution in [0.2, 0.25) is 5.02 Å². The van der Waals surface area contributed by atoms with Crippen LogP contribution in [-0.4, -0.2) is 21.8 Å². The van der Waals surface area contributed by atoms with Gasteiger partial charge in [-0.2, -0.15) is 9.78 Å². The fourth-order valence-electron chi connectivity index (χ4n) is 3.06.